The van der Waals surface area contributed by atoms with Crippen molar-refractivity contribution in [2.75, 3.05) is 32.8 Å². The van der Waals surface area contributed by atoms with Gasteiger partial charge in [0.05, 0.1) is 23.8 Å². The summed E-state index contributed by atoms with van der Waals surface area (Å²) in [6, 6.07) is 26.4. The number of rotatable bonds is 7. The Morgan fingerprint density at radius 1 is 0.851 bits per heavy atom. The maximum Gasteiger partial charge on any atom is 0.416 e. The van der Waals surface area contributed by atoms with E-state index in [2.05, 4.69) is 17.0 Å². The Morgan fingerprint density at radius 3 is 2.06 bits per heavy atom. The van der Waals surface area contributed by atoms with E-state index in [0.717, 1.165) is 29.8 Å². The number of hydrogen-bond acceptors (Lipinski definition) is 4. The number of aliphatic imine (C=N–C) groups is 1. The third kappa shape index (κ3) is 7.27. The van der Waals surface area contributed by atoms with Crippen molar-refractivity contribution in [2.45, 2.75) is 31.7 Å². The molecule has 2 atom stereocenters. The topological polar surface area (TPSA) is 48.4 Å². The summed E-state index contributed by atoms with van der Waals surface area (Å²) < 4.78 is 47.1. The number of hydrogen-bond donors (Lipinski definition) is 0. The minimum atomic E-state index is -4.57. The Hall–Kier alpha value is -4.05. The SMILES string of the molecule is CCOc1cc(C(F)(F)F)ccc1C1=NC(c2ccc(Cl)cc2)C(c2ccc(Cl)cc2)N1C(=O)N1CCN(Cc2ccccc2)CC1. The molecule has 47 heavy (non-hydrogen) atoms. The van der Waals surface area contributed by atoms with Gasteiger partial charge in [0.25, 0.3) is 0 Å². The molecule has 2 aliphatic heterocycles. The van der Waals surface area contributed by atoms with Gasteiger partial charge in [-0.2, -0.15) is 13.2 Å². The number of nitrogens with zero attached hydrogens (tertiary/aromatic N) is 4. The zero-order valence-corrected chi connectivity index (χ0v) is 27.1. The van der Waals surface area contributed by atoms with E-state index in [1.54, 1.807) is 41.0 Å². The number of carbonyl (C=O) groups excluding carboxylic acids is 1. The fourth-order valence-corrected chi connectivity index (χ4v) is 6.36. The lowest BCUT2D eigenvalue weighted by Gasteiger charge is -2.39. The largest absolute Gasteiger partial charge is 0.493 e. The van der Waals surface area contributed by atoms with Crippen LogP contribution in [-0.4, -0.2) is 59.4 Å². The van der Waals surface area contributed by atoms with Crippen molar-refractivity contribution in [3.05, 3.63) is 135 Å². The molecule has 2 unspecified atom stereocenters. The number of carbonyl (C=O) groups is 1. The van der Waals surface area contributed by atoms with Crippen molar-refractivity contribution in [1.29, 1.82) is 0 Å². The molecule has 244 valence electrons. The van der Waals surface area contributed by atoms with Crippen molar-refractivity contribution < 1.29 is 22.7 Å². The van der Waals surface area contributed by atoms with E-state index < -0.39 is 23.8 Å². The van der Waals surface area contributed by atoms with E-state index in [9.17, 15) is 18.0 Å². The number of ether oxygens (including phenoxy) is 1. The van der Waals surface area contributed by atoms with Gasteiger partial charge in [-0.1, -0.05) is 77.8 Å². The minimum Gasteiger partial charge on any atom is -0.493 e. The maximum absolute atomic E-state index is 14.7. The van der Waals surface area contributed by atoms with E-state index in [1.165, 1.54) is 11.6 Å². The van der Waals surface area contributed by atoms with E-state index in [0.29, 0.717) is 41.8 Å². The van der Waals surface area contributed by atoms with Gasteiger partial charge in [0, 0.05) is 42.8 Å². The van der Waals surface area contributed by atoms with Gasteiger partial charge in [-0.15, -0.1) is 0 Å². The van der Waals surface area contributed by atoms with E-state index in [-0.39, 0.29) is 24.2 Å². The van der Waals surface area contributed by atoms with Crippen LogP contribution in [0.1, 0.15) is 46.8 Å². The van der Waals surface area contributed by atoms with Crippen LogP contribution in [0, 0.1) is 0 Å². The lowest BCUT2D eigenvalue weighted by Crippen LogP contribution is -2.54. The Kier molecular flexibility index (Phi) is 9.77. The highest BCUT2D eigenvalue weighted by Gasteiger charge is 2.45. The fraction of sp³-hybridized carbons (Fsp3) is 0.278. The van der Waals surface area contributed by atoms with Crippen molar-refractivity contribution in [3.8, 4) is 5.75 Å². The summed E-state index contributed by atoms with van der Waals surface area (Å²) in [6.07, 6.45) is -4.57. The number of amidine groups is 1. The fourth-order valence-electron chi connectivity index (χ4n) is 6.10. The molecule has 0 aliphatic carbocycles. The summed E-state index contributed by atoms with van der Waals surface area (Å²) in [5.41, 5.74) is 2.21. The molecule has 2 aliphatic rings. The number of halogens is 5. The summed E-state index contributed by atoms with van der Waals surface area (Å²) in [4.78, 5) is 25.5. The Morgan fingerprint density at radius 2 is 1.47 bits per heavy atom. The molecule has 0 radical (unpaired) electrons. The molecule has 0 bridgehead atoms. The Labute approximate surface area is 282 Å². The second kappa shape index (κ2) is 14.0. The predicted octanol–water partition coefficient (Wildman–Crippen LogP) is 8.89. The molecule has 0 N–H and O–H groups in total. The first-order valence-electron chi connectivity index (χ1n) is 15.4. The smallest absolute Gasteiger partial charge is 0.416 e. The van der Waals surface area contributed by atoms with Gasteiger partial charge in [0.15, 0.2) is 0 Å². The second-order valence-electron chi connectivity index (χ2n) is 11.5. The van der Waals surface area contributed by atoms with Gasteiger partial charge in [-0.05, 0) is 66.1 Å². The van der Waals surface area contributed by atoms with E-state index >= 15 is 0 Å². The summed E-state index contributed by atoms with van der Waals surface area (Å²) in [5.74, 6) is 0.233. The first-order valence-corrected chi connectivity index (χ1v) is 16.2. The van der Waals surface area contributed by atoms with Gasteiger partial charge >= 0.3 is 12.2 Å². The third-order valence-corrected chi connectivity index (χ3v) is 8.94. The average Bonchev–Trinajstić information content (AvgIpc) is 3.46. The molecule has 4 aromatic rings. The van der Waals surface area contributed by atoms with Crippen molar-refractivity contribution in [1.82, 2.24) is 14.7 Å². The molecular weight excluding hydrogens is 648 g/mol. The summed E-state index contributed by atoms with van der Waals surface area (Å²) in [7, 11) is 0. The van der Waals surface area contributed by atoms with Crippen LogP contribution in [0.2, 0.25) is 10.0 Å². The zero-order valence-electron chi connectivity index (χ0n) is 25.6. The molecule has 0 aromatic heterocycles. The lowest BCUT2D eigenvalue weighted by atomic mass is 9.93. The molecule has 2 amide bonds. The van der Waals surface area contributed by atoms with Crippen LogP contribution >= 0.6 is 23.2 Å². The van der Waals surface area contributed by atoms with E-state index in [4.69, 9.17) is 32.9 Å². The van der Waals surface area contributed by atoms with Crippen molar-refractivity contribution in [2.24, 2.45) is 4.99 Å². The van der Waals surface area contributed by atoms with Crippen LogP contribution in [0.25, 0.3) is 0 Å². The van der Waals surface area contributed by atoms with Crippen LogP contribution < -0.4 is 4.74 Å². The highest BCUT2D eigenvalue weighted by Crippen LogP contribution is 2.46. The first kappa shape index (κ1) is 32.9. The van der Waals surface area contributed by atoms with Crippen LogP contribution in [-0.2, 0) is 12.7 Å². The highest BCUT2D eigenvalue weighted by molar-refractivity contribution is 6.30. The molecule has 6 nitrogen and oxygen atoms in total. The number of urea groups is 1. The highest BCUT2D eigenvalue weighted by atomic mass is 35.5. The Bertz CT molecular complexity index is 1730. The van der Waals surface area contributed by atoms with Crippen LogP contribution in [0.15, 0.2) is 102 Å². The monoisotopic (exact) mass is 680 g/mol. The number of benzene rings is 4. The molecular formula is C36H33Cl2F3N4O2. The van der Waals surface area contributed by atoms with Crippen molar-refractivity contribution in [3.63, 3.8) is 0 Å². The molecule has 1 saturated heterocycles. The van der Waals surface area contributed by atoms with Crippen LogP contribution in [0.4, 0.5) is 18.0 Å². The van der Waals surface area contributed by atoms with Crippen LogP contribution in [0.3, 0.4) is 0 Å². The summed E-state index contributed by atoms with van der Waals surface area (Å²) in [5, 5.41) is 1.08. The lowest BCUT2D eigenvalue weighted by molar-refractivity contribution is -0.137. The second-order valence-corrected chi connectivity index (χ2v) is 12.4. The third-order valence-electron chi connectivity index (χ3n) is 8.44. The van der Waals surface area contributed by atoms with Gasteiger partial charge in [-0.3, -0.25) is 14.8 Å². The normalized spacial score (nSPS) is 18.7. The minimum absolute atomic E-state index is 0.00170. The van der Waals surface area contributed by atoms with Gasteiger partial charge in [0.2, 0.25) is 0 Å². The van der Waals surface area contributed by atoms with Gasteiger partial charge in [0.1, 0.15) is 17.6 Å². The predicted molar refractivity (Wildman–Crippen MR) is 178 cm³/mol. The molecule has 4 aromatic carbocycles. The number of alkyl halides is 3. The number of piperazine rings is 1. The standard InChI is InChI=1S/C36H33Cl2F3N4O2/c1-2-47-31-22-27(36(39,40)41)12-17-30(31)34-42-32(25-8-13-28(37)14-9-25)33(26-10-15-29(38)16-11-26)45(34)35(46)44-20-18-43(19-21-44)23-24-6-4-3-5-7-24/h3-17,22,32-33H,2,18-21,23H2,1H3. The first-order chi connectivity index (χ1) is 22.6. The maximum atomic E-state index is 14.7. The Balaban J connectivity index is 1.42. The quantitative estimate of drug-likeness (QED) is 0.196. The van der Waals surface area contributed by atoms with Gasteiger partial charge in [-0.25, -0.2) is 4.79 Å². The van der Waals surface area contributed by atoms with Crippen LogP contribution in [0.5, 0.6) is 5.75 Å². The van der Waals surface area contributed by atoms with E-state index in [1.807, 2.05) is 42.5 Å². The molecule has 11 heteroatoms. The van der Waals surface area contributed by atoms with Crippen molar-refractivity contribution >= 4 is 35.1 Å². The molecule has 0 spiro atoms. The summed E-state index contributed by atoms with van der Waals surface area (Å²) in [6.45, 7) is 4.87. The molecule has 0 saturated carbocycles. The average molecular weight is 682 g/mol. The number of amides is 2. The van der Waals surface area contributed by atoms with Gasteiger partial charge < -0.3 is 9.64 Å². The molecule has 1 fully saturated rings. The molecule has 6 rings (SSSR count). The zero-order chi connectivity index (χ0) is 33.1. The molecule has 2 heterocycles. The summed E-state index contributed by atoms with van der Waals surface area (Å²) >= 11 is 12.5.